The van der Waals surface area contributed by atoms with Crippen LogP contribution in [-0.2, 0) is 14.3 Å². The molecule has 0 saturated heterocycles. The molecule has 4 nitrogen and oxygen atoms in total. The normalized spacial score (nSPS) is 16.1. The van der Waals surface area contributed by atoms with Crippen molar-refractivity contribution >= 4 is 11.9 Å². The van der Waals surface area contributed by atoms with E-state index in [4.69, 9.17) is 4.74 Å². The highest BCUT2D eigenvalue weighted by molar-refractivity contribution is 5.98. The molecule has 0 heterocycles. The molecule has 3 unspecified atom stereocenters. The quantitative estimate of drug-likeness (QED) is 0.577. The van der Waals surface area contributed by atoms with Crippen molar-refractivity contribution in [2.75, 3.05) is 6.61 Å². The first-order chi connectivity index (χ1) is 9.13. The summed E-state index contributed by atoms with van der Waals surface area (Å²) in [6.07, 6.45) is 2.00. The van der Waals surface area contributed by atoms with Crippen LogP contribution in [0, 0.1) is 17.3 Å². The molecule has 0 aromatic rings. The van der Waals surface area contributed by atoms with Crippen LogP contribution in [0.15, 0.2) is 0 Å². The maximum absolute atomic E-state index is 12.4. The Bertz CT molecular complexity index is 320. The van der Waals surface area contributed by atoms with Crippen LogP contribution < -0.4 is 5.32 Å². The Morgan fingerprint density at radius 1 is 1.15 bits per heavy atom. The van der Waals surface area contributed by atoms with Crippen LogP contribution in [0.3, 0.4) is 0 Å². The van der Waals surface area contributed by atoms with Gasteiger partial charge in [0, 0.05) is 6.04 Å². The Kier molecular flexibility index (Phi) is 7.84. The van der Waals surface area contributed by atoms with Gasteiger partial charge >= 0.3 is 5.97 Å². The van der Waals surface area contributed by atoms with Gasteiger partial charge in [-0.3, -0.25) is 9.59 Å². The van der Waals surface area contributed by atoms with Crippen LogP contribution in [-0.4, -0.2) is 24.5 Å². The molecule has 4 heteroatoms. The van der Waals surface area contributed by atoms with E-state index in [0.29, 0.717) is 12.5 Å². The van der Waals surface area contributed by atoms with Gasteiger partial charge in [-0.1, -0.05) is 41.0 Å². The summed E-state index contributed by atoms with van der Waals surface area (Å²) in [4.78, 5) is 24.4. The van der Waals surface area contributed by atoms with E-state index in [1.807, 2.05) is 27.7 Å². The molecule has 3 atom stereocenters. The van der Waals surface area contributed by atoms with Gasteiger partial charge in [0.1, 0.15) is 5.92 Å². The molecule has 118 valence electrons. The van der Waals surface area contributed by atoms with E-state index in [-0.39, 0.29) is 11.9 Å². The number of amides is 1. The Morgan fingerprint density at radius 2 is 1.70 bits per heavy atom. The molecule has 0 aromatic carbocycles. The highest BCUT2D eigenvalue weighted by atomic mass is 16.5. The fraction of sp³-hybridized carbons (Fsp3) is 0.875. The topological polar surface area (TPSA) is 55.4 Å². The summed E-state index contributed by atoms with van der Waals surface area (Å²) < 4.78 is 5.04. The van der Waals surface area contributed by atoms with Gasteiger partial charge in [-0.2, -0.15) is 0 Å². The van der Waals surface area contributed by atoms with Gasteiger partial charge in [0.2, 0.25) is 5.91 Å². The van der Waals surface area contributed by atoms with E-state index in [1.54, 1.807) is 6.92 Å². The van der Waals surface area contributed by atoms with Crippen molar-refractivity contribution in [1.82, 2.24) is 5.32 Å². The monoisotopic (exact) mass is 285 g/mol. The van der Waals surface area contributed by atoms with Crippen molar-refractivity contribution in [2.45, 2.75) is 67.3 Å². The zero-order chi connectivity index (χ0) is 15.9. The van der Waals surface area contributed by atoms with Gasteiger partial charge < -0.3 is 10.1 Å². The number of hydrogen-bond donors (Lipinski definition) is 1. The second-order valence-electron chi connectivity index (χ2n) is 6.71. The van der Waals surface area contributed by atoms with Crippen molar-refractivity contribution in [2.24, 2.45) is 17.3 Å². The van der Waals surface area contributed by atoms with E-state index >= 15 is 0 Å². The molecule has 0 radical (unpaired) electrons. The number of ether oxygens (including phenoxy) is 1. The average Bonchev–Trinajstić information content (AvgIpc) is 2.26. The molecule has 1 N–H and O–H groups in total. The number of rotatable bonds is 7. The van der Waals surface area contributed by atoms with Gasteiger partial charge in [0.15, 0.2) is 0 Å². The smallest absolute Gasteiger partial charge is 0.319 e. The Hall–Kier alpha value is -1.06. The first-order valence-corrected chi connectivity index (χ1v) is 7.60. The molecule has 1 amide bonds. The second-order valence-corrected chi connectivity index (χ2v) is 6.71. The second kappa shape index (κ2) is 8.28. The fourth-order valence-corrected chi connectivity index (χ4v) is 2.23. The molecule has 0 fully saturated rings. The van der Waals surface area contributed by atoms with Gasteiger partial charge in [-0.15, -0.1) is 0 Å². The summed E-state index contributed by atoms with van der Waals surface area (Å²) in [5.74, 6) is -0.872. The predicted molar refractivity (Wildman–Crippen MR) is 81.3 cm³/mol. The molecule has 0 rings (SSSR count). The Balaban J connectivity index is 4.77. The molecule has 0 aromatic heterocycles. The summed E-state index contributed by atoms with van der Waals surface area (Å²) >= 11 is 0. The molecule has 0 aliphatic rings. The van der Waals surface area contributed by atoms with Crippen molar-refractivity contribution in [3.05, 3.63) is 0 Å². The van der Waals surface area contributed by atoms with E-state index < -0.39 is 17.3 Å². The van der Waals surface area contributed by atoms with Gasteiger partial charge in [-0.05, 0) is 31.6 Å². The van der Waals surface area contributed by atoms with Crippen molar-refractivity contribution in [3.8, 4) is 0 Å². The molecule has 20 heavy (non-hydrogen) atoms. The average molecular weight is 285 g/mol. The van der Waals surface area contributed by atoms with Gasteiger partial charge in [0.25, 0.3) is 0 Å². The molecule has 0 bridgehead atoms. The van der Waals surface area contributed by atoms with Crippen molar-refractivity contribution in [1.29, 1.82) is 0 Å². The summed E-state index contributed by atoms with van der Waals surface area (Å²) in [5, 5.41) is 2.95. The number of nitrogens with one attached hydrogen (secondary N) is 1. The number of esters is 1. The first-order valence-electron chi connectivity index (χ1n) is 7.60. The minimum absolute atomic E-state index is 0.0664. The van der Waals surface area contributed by atoms with Gasteiger partial charge in [-0.25, -0.2) is 0 Å². The van der Waals surface area contributed by atoms with E-state index in [9.17, 15) is 9.59 Å². The van der Waals surface area contributed by atoms with Crippen LogP contribution in [0.2, 0.25) is 0 Å². The Labute approximate surface area is 123 Å². The lowest BCUT2D eigenvalue weighted by molar-refractivity contribution is -0.156. The first kappa shape index (κ1) is 18.9. The minimum atomic E-state index is -0.762. The SMILES string of the molecule is CCOC(=O)C(C(=O)NC(C)CC(C)CC)C(C)(C)C. The molecular formula is C16H31NO3. The molecule has 0 aliphatic carbocycles. The third-order valence-corrected chi connectivity index (χ3v) is 3.49. The number of carbonyl (C=O) groups excluding carboxylic acids is 2. The van der Waals surface area contributed by atoms with E-state index in [1.165, 1.54) is 0 Å². The van der Waals surface area contributed by atoms with Crippen LogP contribution in [0.5, 0.6) is 0 Å². The zero-order valence-corrected chi connectivity index (χ0v) is 14.1. The third kappa shape index (κ3) is 6.40. The highest BCUT2D eigenvalue weighted by Gasteiger charge is 2.39. The maximum atomic E-state index is 12.4. The van der Waals surface area contributed by atoms with Crippen LogP contribution in [0.4, 0.5) is 0 Å². The highest BCUT2D eigenvalue weighted by Crippen LogP contribution is 2.27. The lowest BCUT2D eigenvalue weighted by Gasteiger charge is -2.29. The fourth-order valence-electron chi connectivity index (χ4n) is 2.23. The molecule has 0 saturated carbocycles. The standard InChI is InChI=1S/C16H31NO3/c1-8-11(3)10-12(4)17-14(18)13(16(5,6)7)15(19)20-9-2/h11-13H,8-10H2,1-7H3,(H,17,18). The summed E-state index contributed by atoms with van der Waals surface area (Å²) in [6.45, 7) is 14.0. The predicted octanol–water partition coefficient (Wildman–Crippen LogP) is 3.15. The van der Waals surface area contributed by atoms with Crippen LogP contribution in [0.25, 0.3) is 0 Å². The Morgan fingerprint density at radius 3 is 2.10 bits per heavy atom. The third-order valence-electron chi connectivity index (χ3n) is 3.49. The lowest BCUT2D eigenvalue weighted by atomic mass is 9.80. The minimum Gasteiger partial charge on any atom is -0.465 e. The number of hydrogen-bond acceptors (Lipinski definition) is 3. The largest absolute Gasteiger partial charge is 0.465 e. The molecule has 0 spiro atoms. The van der Waals surface area contributed by atoms with Crippen molar-refractivity contribution < 1.29 is 14.3 Å². The number of carbonyl (C=O) groups is 2. The maximum Gasteiger partial charge on any atom is 0.319 e. The molecule has 0 aliphatic heterocycles. The van der Waals surface area contributed by atoms with E-state index in [0.717, 1.165) is 12.8 Å². The summed E-state index contributed by atoms with van der Waals surface area (Å²) in [7, 11) is 0. The zero-order valence-electron chi connectivity index (χ0n) is 14.1. The van der Waals surface area contributed by atoms with E-state index in [2.05, 4.69) is 19.2 Å². The lowest BCUT2D eigenvalue weighted by Crippen LogP contribution is -2.46. The van der Waals surface area contributed by atoms with Crippen LogP contribution >= 0.6 is 0 Å². The molecular weight excluding hydrogens is 254 g/mol. The summed E-state index contributed by atoms with van der Waals surface area (Å²) in [5.41, 5.74) is -0.452. The van der Waals surface area contributed by atoms with Gasteiger partial charge in [0.05, 0.1) is 6.61 Å². The van der Waals surface area contributed by atoms with Crippen molar-refractivity contribution in [3.63, 3.8) is 0 Å². The van der Waals surface area contributed by atoms with Crippen LogP contribution in [0.1, 0.15) is 61.3 Å². The summed E-state index contributed by atoms with van der Waals surface area (Å²) in [6, 6.07) is 0.0664.